The third-order valence-corrected chi connectivity index (χ3v) is 4.54. The number of benzene rings is 2. The molecule has 0 aromatic heterocycles. The number of hydrogen-bond donors (Lipinski definition) is 3. The van der Waals surface area contributed by atoms with Gasteiger partial charge in [0.2, 0.25) is 0 Å². The molecular formula is C20H23N3O. The number of hydrogen-bond acceptors (Lipinski definition) is 4. The van der Waals surface area contributed by atoms with Crippen molar-refractivity contribution in [3.8, 4) is 11.8 Å². The standard InChI is InChI=1S/C10H12N2O.C10H9N.H2/c11-9-4-3-7(13)5-8(9)10(12)6-1-2-6;11-7-8-4-5-9-2-1-3-10(9)6-8;/h3-6,12-13H,1-2,11H2;4-6H,1-3H2;1H. The number of nitriles is 1. The Balaban J connectivity index is 0.000000175. The molecular weight excluding hydrogens is 298 g/mol. The van der Waals surface area contributed by atoms with Crippen molar-refractivity contribution in [2.24, 2.45) is 5.92 Å². The smallest absolute Gasteiger partial charge is 0.116 e. The predicted octanol–water partition coefficient (Wildman–Crippen LogP) is 4.05. The average molecular weight is 321 g/mol. The Bertz CT molecular complexity index is 822. The maximum Gasteiger partial charge on any atom is 0.116 e. The van der Waals surface area contributed by atoms with E-state index in [1.54, 1.807) is 18.2 Å². The molecule has 24 heavy (non-hydrogen) atoms. The summed E-state index contributed by atoms with van der Waals surface area (Å²) in [6.45, 7) is 0. The van der Waals surface area contributed by atoms with E-state index in [0.717, 1.165) is 24.8 Å². The fraction of sp³-hybridized carbons (Fsp3) is 0.300. The summed E-state index contributed by atoms with van der Waals surface area (Å²) in [6.07, 6.45) is 5.76. The van der Waals surface area contributed by atoms with Crippen molar-refractivity contribution >= 4 is 11.4 Å². The van der Waals surface area contributed by atoms with E-state index >= 15 is 0 Å². The number of aryl methyl sites for hydroxylation is 2. The fourth-order valence-corrected chi connectivity index (χ4v) is 3.01. The molecule has 4 heteroatoms. The summed E-state index contributed by atoms with van der Waals surface area (Å²) in [5.74, 6) is 0.540. The van der Waals surface area contributed by atoms with Crippen LogP contribution in [0.2, 0.25) is 0 Å². The van der Waals surface area contributed by atoms with Crippen molar-refractivity contribution in [1.29, 1.82) is 10.7 Å². The largest absolute Gasteiger partial charge is 0.508 e. The number of phenolic OH excluding ortho intramolecular Hbond substituents is 1. The van der Waals surface area contributed by atoms with Gasteiger partial charge in [0, 0.05) is 24.3 Å². The zero-order chi connectivity index (χ0) is 17.1. The number of anilines is 1. The van der Waals surface area contributed by atoms with Crippen molar-refractivity contribution in [3.05, 3.63) is 58.7 Å². The highest BCUT2D eigenvalue weighted by Gasteiger charge is 2.28. The van der Waals surface area contributed by atoms with E-state index in [0.29, 0.717) is 22.9 Å². The Morgan fingerprint density at radius 3 is 2.62 bits per heavy atom. The number of aromatic hydroxyl groups is 1. The third kappa shape index (κ3) is 3.57. The van der Waals surface area contributed by atoms with Crippen LogP contribution in [0.25, 0.3) is 0 Å². The van der Waals surface area contributed by atoms with Crippen LogP contribution in [0.1, 0.15) is 42.9 Å². The molecule has 0 spiro atoms. The second kappa shape index (κ2) is 6.76. The molecule has 0 atom stereocenters. The van der Waals surface area contributed by atoms with Gasteiger partial charge in [-0.2, -0.15) is 5.26 Å². The number of nitrogens with one attached hydrogen (secondary N) is 1. The molecule has 4 rings (SSSR count). The van der Waals surface area contributed by atoms with Crippen molar-refractivity contribution in [2.75, 3.05) is 5.73 Å². The zero-order valence-corrected chi connectivity index (χ0v) is 13.5. The Hall–Kier alpha value is -2.80. The van der Waals surface area contributed by atoms with E-state index < -0.39 is 0 Å². The van der Waals surface area contributed by atoms with Crippen LogP contribution in [0.3, 0.4) is 0 Å². The Morgan fingerprint density at radius 1 is 1.17 bits per heavy atom. The van der Waals surface area contributed by atoms with E-state index in [-0.39, 0.29) is 7.18 Å². The zero-order valence-electron chi connectivity index (χ0n) is 13.5. The van der Waals surface area contributed by atoms with Crippen LogP contribution in [0.15, 0.2) is 36.4 Å². The molecule has 2 aliphatic carbocycles. The molecule has 0 saturated heterocycles. The maximum atomic E-state index is 9.24. The van der Waals surface area contributed by atoms with Crippen LogP contribution < -0.4 is 5.73 Å². The van der Waals surface area contributed by atoms with Gasteiger partial charge in [-0.3, -0.25) is 0 Å². The lowest BCUT2D eigenvalue weighted by atomic mass is 10.0. The van der Waals surface area contributed by atoms with Gasteiger partial charge in [-0.15, -0.1) is 0 Å². The number of nitrogens with two attached hydrogens (primary N) is 1. The highest BCUT2D eigenvalue weighted by Crippen LogP contribution is 2.34. The lowest BCUT2D eigenvalue weighted by Gasteiger charge is -2.06. The minimum absolute atomic E-state index is 0. The SMILES string of the molecule is N#Cc1ccc2c(c1)CCC2.N=C(c1cc(O)ccc1N)C1CC1.[HH]. The van der Waals surface area contributed by atoms with E-state index in [2.05, 4.69) is 12.1 Å². The molecule has 2 aliphatic rings. The molecule has 4 N–H and O–H groups in total. The number of phenols is 1. The van der Waals surface area contributed by atoms with Crippen LogP contribution >= 0.6 is 0 Å². The van der Waals surface area contributed by atoms with Crippen molar-refractivity contribution in [2.45, 2.75) is 32.1 Å². The van der Waals surface area contributed by atoms with Gasteiger partial charge < -0.3 is 16.2 Å². The van der Waals surface area contributed by atoms with E-state index in [4.69, 9.17) is 16.4 Å². The second-order valence-electron chi connectivity index (χ2n) is 6.41. The molecule has 0 amide bonds. The molecule has 0 unspecified atom stereocenters. The Morgan fingerprint density at radius 2 is 1.92 bits per heavy atom. The topological polar surface area (TPSA) is 93.9 Å². The molecule has 0 aliphatic heterocycles. The van der Waals surface area contributed by atoms with Gasteiger partial charge in [-0.05, 0) is 73.6 Å². The number of rotatable bonds is 2. The maximum absolute atomic E-state index is 9.24. The number of nitrogens with zero attached hydrogens (tertiary/aromatic N) is 1. The van der Waals surface area contributed by atoms with Crippen LogP contribution in [0.5, 0.6) is 5.75 Å². The van der Waals surface area contributed by atoms with Crippen molar-refractivity contribution in [3.63, 3.8) is 0 Å². The number of nitrogen functional groups attached to an aromatic ring is 1. The average Bonchev–Trinajstić information content (AvgIpc) is 3.34. The molecule has 1 fully saturated rings. The third-order valence-electron chi connectivity index (χ3n) is 4.54. The molecule has 1 saturated carbocycles. The highest BCUT2D eigenvalue weighted by molar-refractivity contribution is 6.05. The van der Waals surface area contributed by atoms with Crippen molar-refractivity contribution in [1.82, 2.24) is 0 Å². The molecule has 0 radical (unpaired) electrons. The summed E-state index contributed by atoms with van der Waals surface area (Å²) >= 11 is 0. The van der Waals surface area contributed by atoms with E-state index in [1.165, 1.54) is 24.0 Å². The quantitative estimate of drug-likeness (QED) is 0.442. The predicted molar refractivity (Wildman–Crippen MR) is 97.4 cm³/mol. The molecule has 2 aromatic carbocycles. The first-order valence-corrected chi connectivity index (χ1v) is 8.27. The summed E-state index contributed by atoms with van der Waals surface area (Å²) in [4.78, 5) is 0. The van der Waals surface area contributed by atoms with Gasteiger partial charge in [0.25, 0.3) is 0 Å². The summed E-state index contributed by atoms with van der Waals surface area (Å²) in [5, 5.41) is 25.6. The van der Waals surface area contributed by atoms with Gasteiger partial charge >= 0.3 is 0 Å². The monoisotopic (exact) mass is 321 g/mol. The van der Waals surface area contributed by atoms with Gasteiger partial charge in [0.05, 0.1) is 11.6 Å². The van der Waals surface area contributed by atoms with Gasteiger partial charge in [0.15, 0.2) is 0 Å². The van der Waals surface area contributed by atoms with Gasteiger partial charge in [0.1, 0.15) is 5.75 Å². The minimum atomic E-state index is 0. The lowest BCUT2D eigenvalue weighted by molar-refractivity contribution is 0.475. The summed E-state index contributed by atoms with van der Waals surface area (Å²) < 4.78 is 0. The van der Waals surface area contributed by atoms with Crippen LogP contribution in [0, 0.1) is 22.7 Å². The summed E-state index contributed by atoms with van der Waals surface area (Å²) in [6, 6.07) is 12.9. The van der Waals surface area contributed by atoms with Crippen LogP contribution in [-0.2, 0) is 12.8 Å². The molecule has 0 heterocycles. The fourth-order valence-electron chi connectivity index (χ4n) is 3.01. The van der Waals surface area contributed by atoms with Crippen LogP contribution in [-0.4, -0.2) is 10.8 Å². The first-order valence-electron chi connectivity index (χ1n) is 8.27. The Kier molecular flexibility index (Phi) is 4.52. The van der Waals surface area contributed by atoms with Crippen LogP contribution in [0.4, 0.5) is 5.69 Å². The molecule has 0 bridgehead atoms. The molecule has 124 valence electrons. The molecule has 2 aromatic rings. The summed E-state index contributed by atoms with van der Waals surface area (Å²) in [5.41, 5.74) is 11.1. The lowest BCUT2D eigenvalue weighted by Crippen LogP contribution is -2.05. The molecule has 4 nitrogen and oxygen atoms in total. The highest BCUT2D eigenvalue weighted by atomic mass is 16.3. The van der Waals surface area contributed by atoms with E-state index in [9.17, 15) is 5.11 Å². The normalized spacial score (nSPS) is 15.0. The Labute approximate surface area is 143 Å². The first kappa shape index (κ1) is 16.1. The minimum Gasteiger partial charge on any atom is -0.508 e. The number of fused-ring (bicyclic) bond motifs is 1. The van der Waals surface area contributed by atoms with Crippen molar-refractivity contribution < 1.29 is 6.53 Å². The second-order valence-corrected chi connectivity index (χ2v) is 6.41. The van der Waals surface area contributed by atoms with E-state index in [1.807, 2.05) is 12.1 Å². The van der Waals surface area contributed by atoms with Gasteiger partial charge in [-0.25, -0.2) is 0 Å². The summed E-state index contributed by atoms with van der Waals surface area (Å²) in [7, 11) is 0. The van der Waals surface area contributed by atoms with Gasteiger partial charge in [-0.1, -0.05) is 6.07 Å². The first-order chi connectivity index (χ1) is 11.6.